The molecule has 1 heterocycles. The van der Waals surface area contributed by atoms with E-state index in [4.69, 9.17) is 10.2 Å². The minimum atomic E-state index is 0.531. The Kier molecular flexibility index (Phi) is 4.61. The van der Waals surface area contributed by atoms with Crippen molar-refractivity contribution in [3.05, 3.63) is 35.6 Å². The monoisotopic (exact) mass is 260 g/mol. The van der Waals surface area contributed by atoms with Gasteiger partial charge in [0.15, 0.2) is 0 Å². The Morgan fingerprint density at radius 1 is 1.32 bits per heavy atom. The van der Waals surface area contributed by atoms with E-state index in [1.165, 1.54) is 6.42 Å². The lowest BCUT2D eigenvalue weighted by molar-refractivity contribution is 0.256. The first kappa shape index (κ1) is 14.1. The number of hydrogen-bond donors (Lipinski definition) is 1. The van der Waals surface area contributed by atoms with Gasteiger partial charge in [-0.25, -0.2) is 0 Å². The van der Waals surface area contributed by atoms with Crippen molar-refractivity contribution in [3.8, 4) is 0 Å². The Balaban J connectivity index is 2.20. The number of fused-ring (bicyclic) bond motifs is 1. The molecule has 2 rings (SSSR count). The van der Waals surface area contributed by atoms with Gasteiger partial charge in [0.25, 0.3) is 0 Å². The molecule has 0 saturated carbocycles. The van der Waals surface area contributed by atoms with Crippen LogP contribution in [0.15, 0.2) is 28.7 Å². The van der Waals surface area contributed by atoms with Crippen molar-refractivity contribution in [1.82, 2.24) is 4.90 Å². The normalized spacial score (nSPS) is 13.3. The third-order valence-electron chi connectivity index (χ3n) is 3.72. The van der Waals surface area contributed by atoms with Crippen molar-refractivity contribution in [3.63, 3.8) is 0 Å². The zero-order chi connectivity index (χ0) is 13.8. The third-order valence-corrected chi connectivity index (χ3v) is 3.72. The highest BCUT2D eigenvalue weighted by molar-refractivity contribution is 5.82. The molecular formula is C16H24N2O. The second kappa shape index (κ2) is 6.22. The first-order valence-electron chi connectivity index (χ1n) is 7.03. The number of hydrogen-bond acceptors (Lipinski definition) is 3. The van der Waals surface area contributed by atoms with Crippen LogP contribution in [0.25, 0.3) is 11.0 Å². The van der Waals surface area contributed by atoms with Crippen molar-refractivity contribution in [2.24, 2.45) is 11.7 Å². The van der Waals surface area contributed by atoms with Crippen molar-refractivity contribution in [2.45, 2.75) is 33.4 Å². The van der Waals surface area contributed by atoms with Crippen LogP contribution in [0.3, 0.4) is 0 Å². The lowest BCUT2D eigenvalue weighted by Gasteiger charge is -2.19. The number of furan rings is 1. The SMILES string of the molecule is CCC(C)CN(C)Cc1oc2ccccc2c1CN. The molecule has 1 unspecified atom stereocenters. The summed E-state index contributed by atoms with van der Waals surface area (Å²) in [6.07, 6.45) is 1.20. The molecule has 1 atom stereocenters. The maximum absolute atomic E-state index is 5.95. The molecular weight excluding hydrogens is 236 g/mol. The number of rotatable bonds is 6. The van der Waals surface area contributed by atoms with Gasteiger partial charge < -0.3 is 10.2 Å². The van der Waals surface area contributed by atoms with Gasteiger partial charge in [-0.2, -0.15) is 0 Å². The molecule has 0 fully saturated rings. The van der Waals surface area contributed by atoms with Crippen LogP contribution in [0.2, 0.25) is 0 Å². The number of para-hydroxylation sites is 1. The van der Waals surface area contributed by atoms with E-state index in [-0.39, 0.29) is 0 Å². The molecule has 19 heavy (non-hydrogen) atoms. The Bertz CT molecular complexity index is 533. The fraction of sp³-hybridized carbons (Fsp3) is 0.500. The molecule has 0 aliphatic heterocycles. The molecule has 0 aliphatic carbocycles. The third kappa shape index (κ3) is 3.17. The summed E-state index contributed by atoms with van der Waals surface area (Å²) in [4.78, 5) is 2.31. The average Bonchev–Trinajstić information content (AvgIpc) is 2.75. The number of nitrogens with two attached hydrogens (primary N) is 1. The van der Waals surface area contributed by atoms with Gasteiger partial charge in [-0.3, -0.25) is 4.90 Å². The summed E-state index contributed by atoms with van der Waals surface area (Å²) in [5.41, 5.74) is 7.97. The fourth-order valence-electron chi connectivity index (χ4n) is 2.47. The molecule has 2 aromatic rings. The summed E-state index contributed by atoms with van der Waals surface area (Å²) in [6.45, 7) is 6.94. The molecule has 3 nitrogen and oxygen atoms in total. The first-order valence-corrected chi connectivity index (χ1v) is 7.03. The Morgan fingerprint density at radius 2 is 2.05 bits per heavy atom. The van der Waals surface area contributed by atoms with Crippen LogP contribution in [0.1, 0.15) is 31.6 Å². The summed E-state index contributed by atoms with van der Waals surface area (Å²) >= 11 is 0. The lowest BCUT2D eigenvalue weighted by Crippen LogP contribution is -2.24. The Morgan fingerprint density at radius 3 is 2.74 bits per heavy atom. The van der Waals surface area contributed by atoms with Crippen LogP contribution >= 0.6 is 0 Å². The lowest BCUT2D eigenvalue weighted by atomic mass is 10.1. The van der Waals surface area contributed by atoms with Gasteiger partial charge in [0.2, 0.25) is 0 Å². The van der Waals surface area contributed by atoms with Crippen LogP contribution in [0.5, 0.6) is 0 Å². The Labute approximate surface area is 115 Å². The molecule has 0 bridgehead atoms. The second-order valence-corrected chi connectivity index (χ2v) is 5.41. The molecule has 2 N–H and O–H groups in total. The van der Waals surface area contributed by atoms with Gasteiger partial charge in [0.1, 0.15) is 11.3 Å². The largest absolute Gasteiger partial charge is 0.459 e. The van der Waals surface area contributed by atoms with Crippen molar-refractivity contribution in [1.29, 1.82) is 0 Å². The molecule has 1 aromatic heterocycles. The highest BCUT2D eigenvalue weighted by Crippen LogP contribution is 2.26. The average molecular weight is 260 g/mol. The van der Waals surface area contributed by atoms with E-state index in [2.05, 4.69) is 31.9 Å². The second-order valence-electron chi connectivity index (χ2n) is 5.41. The van der Waals surface area contributed by atoms with E-state index in [1.807, 2.05) is 18.2 Å². The fourth-order valence-corrected chi connectivity index (χ4v) is 2.47. The summed E-state index contributed by atoms with van der Waals surface area (Å²) in [7, 11) is 2.14. The van der Waals surface area contributed by atoms with Crippen molar-refractivity contribution in [2.75, 3.05) is 13.6 Å². The minimum Gasteiger partial charge on any atom is -0.459 e. The minimum absolute atomic E-state index is 0.531. The standard InChI is InChI=1S/C16H24N2O/c1-4-12(2)10-18(3)11-16-14(9-17)13-7-5-6-8-15(13)19-16/h5-8,12H,4,9-11,17H2,1-3H3. The zero-order valence-electron chi connectivity index (χ0n) is 12.1. The highest BCUT2D eigenvalue weighted by atomic mass is 16.3. The molecule has 0 spiro atoms. The van der Waals surface area contributed by atoms with E-state index >= 15 is 0 Å². The van der Waals surface area contributed by atoms with Crippen LogP contribution in [0.4, 0.5) is 0 Å². The van der Waals surface area contributed by atoms with Crippen molar-refractivity contribution < 1.29 is 4.42 Å². The molecule has 0 radical (unpaired) electrons. The van der Waals surface area contributed by atoms with Crippen LogP contribution in [0, 0.1) is 5.92 Å². The summed E-state index contributed by atoms with van der Waals surface area (Å²) < 4.78 is 5.95. The molecule has 0 amide bonds. The summed E-state index contributed by atoms with van der Waals surface area (Å²) in [5, 5.41) is 1.15. The van der Waals surface area contributed by atoms with Crippen molar-refractivity contribution >= 4 is 11.0 Å². The van der Waals surface area contributed by atoms with Gasteiger partial charge in [-0.15, -0.1) is 0 Å². The maximum atomic E-state index is 5.95. The molecule has 104 valence electrons. The maximum Gasteiger partial charge on any atom is 0.134 e. The van der Waals surface area contributed by atoms with Crippen LogP contribution in [-0.2, 0) is 13.1 Å². The van der Waals surface area contributed by atoms with Crippen LogP contribution in [-0.4, -0.2) is 18.5 Å². The van der Waals surface area contributed by atoms with Crippen LogP contribution < -0.4 is 5.73 Å². The summed E-state index contributed by atoms with van der Waals surface area (Å²) in [5.74, 6) is 1.71. The number of nitrogens with zero attached hydrogens (tertiary/aromatic N) is 1. The highest BCUT2D eigenvalue weighted by Gasteiger charge is 2.14. The predicted molar refractivity (Wildman–Crippen MR) is 79.9 cm³/mol. The molecule has 0 aliphatic rings. The molecule has 0 saturated heterocycles. The van der Waals surface area contributed by atoms with E-state index in [0.29, 0.717) is 12.5 Å². The van der Waals surface area contributed by atoms with E-state index in [9.17, 15) is 0 Å². The Hall–Kier alpha value is -1.32. The van der Waals surface area contributed by atoms with Gasteiger partial charge in [0.05, 0.1) is 6.54 Å². The van der Waals surface area contributed by atoms with Gasteiger partial charge in [-0.05, 0) is 19.0 Å². The van der Waals surface area contributed by atoms with Gasteiger partial charge in [-0.1, -0.05) is 38.5 Å². The molecule has 1 aromatic carbocycles. The smallest absolute Gasteiger partial charge is 0.134 e. The number of benzene rings is 1. The molecule has 3 heteroatoms. The van der Waals surface area contributed by atoms with E-state index in [1.54, 1.807) is 0 Å². The van der Waals surface area contributed by atoms with Gasteiger partial charge >= 0.3 is 0 Å². The predicted octanol–water partition coefficient (Wildman–Crippen LogP) is 3.37. The van der Waals surface area contributed by atoms with E-state index < -0.39 is 0 Å². The quantitative estimate of drug-likeness (QED) is 0.866. The summed E-state index contributed by atoms with van der Waals surface area (Å²) in [6, 6.07) is 8.12. The van der Waals surface area contributed by atoms with E-state index in [0.717, 1.165) is 35.4 Å². The zero-order valence-corrected chi connectivity index (χ0v) is 12.1. The topological polar surface area (TPSA) is 42.4 Å². The van der Waals surface area contributed by atoms with Gasteiger partial charge in [0, 0.05) is 24.0 Å². The first-order chi connectivity index (χ1) is 9.15.